The summed E-state index contributed by atoms with van der Waals surface area (Å²) in [7, 11) is 0. The summed E-state index contributed by atoms with van der Waals surface area (Å²) in [5, 5.41) is 4.62. The van der Waals surface area contributed by atoms with E-state index < -0.39 is 5.72 Å². The van der Waals surface area contributed by atoms with Gasteiger partial charge in [-0.2, -0.15) is 9.78 Å². The topological polar surface area (TPSA) is 57.0 Å². The number of hydrogen-bond acceptors (Lipinski definition) is 4. The maximum atomic E-state index is 13.2. The first-order valence-electron chi connectivity index (χ1n) is 9.74. The van der Waals surface area contributed by atoms with Crippen LogP contribution in [0.1, 0.15) is 33.1 Å². The van der Waals surface area contributed by atoms with Gasteiger partial charge in [-0.1, -0.05) is 91.0 Å². The van der Waals surface area contributed by atoms with Crippen LogP contribution in [0.4, 0.5) is 0 Å². The smallest absolute Gasteiger partial charge is 0.256 e. The minimum Gasteiger partial charge on any atom is -0.457 e. The molecule has 0 radical (unpaired) electrons. The number of carbonyl (C=O) groups is 1. The second kappa shape index (κ2) is 7.12. The van der Waals surface area contributed by atoms with Crippen LogP contribution in [0.15, 0.2) is 97.1 Å². The number of allylic oxidation sites excluding steroid dienone is 1. The average molecular weight is 393 g/mol. The van der Waals surface area contributed by atoms with Crippen molar-refractivity contribution >= 4 is 11.5 Å². The highest BCUT2D eigenvalue weighted by Crippen LogP contribution is 2.41. The molecule has 0 N–H and O–H groups in total. The molecule has 0 fully saturated rings. The predicted octanol–water partition coefficient (Wildman–Crippen LogP) is 4.59. The molecule has 3 aromatic carbocycles. The van der Waals surface area contributed by atoms with Gasteiger partial charge in [0.2, 0.25) is 11.6 Å². The van der Waals surface area contributed by atoms with Crippen molar-refractivity contribution in [1.29, 1.82) is 0 Å². The molecule has 5 heteroatoms. The number of ether oxygens (including phenoxy) is 1. The molecule has 5 rings (SSSR count). The van der Waals surface area contributed by atoms with Crippen molar-refractivity contribution in [2.45, 2.75) is 12.6 Å². The van der Waals surface area contributed by atoms with Crippen molar-refractivity contribution < 1.29 is 9.53 Å². The fraction of sp³-hybridized carbons (Fsp3) is 0.0800. The van der Waals surface area contributed by atoms with Crippen LogP contribution in [-0.4, -0.2) is 20.5 Å². The first kappa shape index (κ1) is 18.1. The minimum absolute atomic E-state index is 0.242. The number of fused-ring (bicyclic) bond motifs is 1. The summed E-state index contributed by atoms with van der Waals surface area (Å²) >= 11 is 0. The fourth-order valence-electron chi connectivity index (χ4n) is 3.81. The van der Waals surface area contributed by atoms with Crippen LogP contribution in [0.2, 0.25) is 0 Å². The second-order valence-electron chi connectivity index (χ2n) is 7.11. The van der Waals surface area contributed by atoms with Gasteiger partial charge in [-0.25, -0.2) is 4.98 Å². The summed E-state index contributed by atoms with van der Waals surface area (Å²) in [5.41, 5.74) is 1.31. The summed E-state index contributed by atoms with van der Waals surface area (Å²) in [6, 6.07) is 29.2. The van der Waals surface area contributed by atoms with E-state index in [0.717, 1.165) is 16.7 Å². The van der Waals surface area contributed by atoms with Crippen molar-refractivity contribution in [3.8, 4) is 0 Å². The Morgan fingerprint density at radius 3 is 1.90 bits per heavy atom. The van der Waals surface area contributed by atoms with Crippen LogP contribution in [0, 0.1) is 6.92 Å². The van der Waals surface area contributed by atoms with Crippen molar-refractivity contribution in [3.63, 3.8) is 0 Å². The molecule has 0 saturated heterocycles. The molecule has 0 atom stereocenters. The lowest BCUT2D eigenvalue weighted by atomic mass is 9.93. The Labute approximate surface area is 174 Å². The molecule has 5 nitrogen and oxygen atoms in total. The largest absolute Gasteiger partial charge is 0.457 e. The molecule has 146 valence electrons. The normalized spacial score (nSPS) is 15.0. The van der Waals surface area contributed by atoms with Crippen LogP contribution in [0.5, 0.6) is 0 Å². The maximum absolute atomic E-state index is 13.2. The van der Waals surface area contributed by atoms with Crippen molar-refractivity contribution in [2.24, 2.45) is 0 Å². The maximum Gasteiger partial charge on any atom is 0.256 e. The summed E-state index contributed by atoms with van der Waals surface area (Å²) in [6.07, 6.45) is 1.50. The van der Waals surface area contributed by atoms with E-state index in [-0.39, 0.29) is 11.6 Å². The molecule has 1 aliphatic rings. The van der Waals surface area contributed by atoms with Gasteiger partial charge in [0.1, 0.15) is 11.6 Å². The quantitative estimate of drug-likeness (QED) is 0.511. The Morgan fingerprint density at radius 2 is 1.33 bits per heavy atom. The molecule has 0 spiro atoms. The van der Waals surface area contributed by atoms with E-state index in [0.29, 0.717) is 11.6 Å². The highest BCUT2D eigenvalue weighted by atomic mass is 16.5. The number of aryl methyl sites for hydroxylation is 1. The molecule has 0 bridgehead atoms. The van der Waals surface area contributed by atoms with Crippen molar-refractivity contribution in [2.75, 3.05) is 0 Å². The van der Waals surface area contributed by atoms with Gasteiger partial charge in [-0.15, -0.1) is 0 Å². The number of benzene rings is 3. The highest BCUT2D eigenvalue weighted by molar-refractivity contribution is 6.06. The van der Waals surface area contributed by atoms with Gasteiger partial charge in [0.25, 0.3) is 5.72 Å². The molecule has 4 aromatic rings. The fourth-order valence-corrected chi connectivity index (χ4v) is 3.81. The van der Waals surface area contributed by atoms with Gasteiger partial charge in [0, 0.05) is 22.8 Å². The van der Waals surface area contributed by atoms with Gasteiger partial charge in [-0.3, -0.25) is 4.79 Å². The zero-order valence-corrected chi connectivity index (χ0v) is 16.4. The Morgan fingerprint density at radius 1 is 0.800 bits per heavy atom. The second-order valence-corrected chi connectivity index (χ2v) is 7.11. The number of nitrogens with zero attached hydrogens (tertiary/aromatic N) is 3. The monoisotopic (exact) mass is 393 g/mol. The van der Waals surface area contributed by atoms with Crippen LogP contribution >= 0.6 is 0 Å². The first-order chi connectivity index (χ1) is 14.7. The van der Waals surface area contributed by atoms with Crippen LogP contribution in [0.3, 0.4) is 0 Å². The van der Waals surface area contributed by atoms with Gasteiger partial charge >= 0.3 is 0 Å². The van der Waals surface area contributed by atoms with E-state index in [9.17, 15) is 4.79 Å². The Balaban J connectivity index is 1.86. The molecule has 30 heavy (non-hydrogen) atoms. The Hall–Kier alpha value is -3.99. The number of ketones is 1. The van der Waals surface area contributed by atoms with Gasteiger partial charge in [0.05, 0.1) is 0 Å². The third kappa shape index (κ3) is 2.83. The van der Waals surface area contributed by atoms with E-state index >= 15 is 0 Å². The summed E-state index contributed by atoms with van der Waals surface area (Å²) < 4.78 is 8.38. The van der Waals surface area contributed by atoms with E-state index in [1.165, 1.54) is 6.08 Å². The standard InChI is InChI=1S/C25H19N3O2/c1-18-26-24-22(29)17-23(19-11-5-2-6-12-19)30-25(28(24)27-18,20-13-7-3-8-14-20)21-15-9-4-10-16-21/h2-17H,1H3. The van der Waals surface area contributed by atoms with E-state index in [4.69, 9.17) is 4.74 Å². The predicted molar refractivity (Wildman–Crippen MR) is 114 cm³/mol. The van der Waals surface area contributed by atoms with Crippen LogP contribution in [0.25, 0.3) is 5.76 Å². The van der Waals surface area contributed by atoms with E-state index in [1.807, 2.05) is 91.0 Å². The summed E-state index contributed by atoms with van der Waals surface area (Å²) in [5.74, 6) is 0.974. The lowest BCUT2D eigenvalue weighted by Crippen LogP contribution is -2.40. The summed E-state index contributed by atoms with van der Waals surface area (Å²) in [6.45, 7) is 1.78. The van der Waals surface area contributed by atoms with Gasteiger partial charge in [0.15, 0.2) is 0 Å². The molecular formula is C25H19N3O2. The Kier molecular flexibility index (Phi) is 4.29. The molecule has 1 aromatic heterocycles. The molecular weight excluding hydrogens is 374 g/mol. The lowest BCUT2D eigenvalue weighted by Gasteiger charge is -2.35. The third-order valence-corrected chi connectivity index (χ3v) is 5.14. The molecule has 1 aliphatic heterocycles. The van der Waals surface area contributed by atoms with Crippen LogP contribution in [-0.2, 0) is 10.5 Å². The zero-order chi connectivity index (χ0) is 20.6. The lowest BCUT2D eigenvalue weighted by molar-refractivity contribution is 0.0342. The Bertz CT molecular complexity index is 1190. The minimum atomic E-state index is -1.19. The highest BCUT2D eigenvalue weighted by Gasteiger charge is 2.45. The van der Waals surface area contributed by atoms with Gasteiger partial charge < -0.3 is 4.74 Å². The van der Waals surface area contributed by atoms with Crippen LogP contribution < -0.4 is 0 Å². The SMILES string of the molecule is Cc1nc2n(n1)C(c1ccccc1)(c1ccccc1)OC(c1ccccc1)=CC2=O. The first-order valence-corrected chi connectivity index (χ1v) is 9.74. The molecule has 2 heterocycles. The number of rotatable bonds is 3. The molecule has 0 aliphatic carbocycles. The zero-order valence-electron chi connectivity index (χ0n) is 16.4. The van der Waals surface area contributed by atoms with Crippen molar-refractivity contribution in [3.05, 3.63) is 125 Å². The molecule has 0 unspecified atom stereocenters. The average Bonchev–Trinajstić information content (AvgIpc) is 3.15. The van der Waals surface area contributed by atoms with Gasteiger partial charge in [-0.05, 0) is 6.92 Å². The number of aromatic nitrogens is 3. The molecule has 0 amide bonds. The van der Waals surface area contributed by atoms with E-state index in [2.05, 4.69) is 10.1 Å². The third-order valence-electron chi connectivity index (χ3n) is 5.14. The number of carbonyl (C=O) groups excluding carboxylic acids is 1. The van der Waals surface area contributed by atoms with Crippen molar-refractivity contribution in [1.82, 2.24) is 14.8 Å². The van der Waals surface area contributed by atoms with E-state index in [1.54, 1.807) is 11.6 Å². The summed E-state index contributed by atoms with van der Waals surface area (Å²) in [4.78, 5) is 17.6. The number of hydrogen-bond donors (Lipinski definition) is 0. The molecule has 0 saturated carbocycles.